The summed E-state index contributed by atoms with van der Waals surface area (Å²) in [6, 6.07) is 10.5. The summed E-state index contributed by atoms with van der Waals surface area (Å²) >= 11 is 0. The van der Waals surface area contributed by atoms with Crippen molar-refractivity contribution in [2.45, 2.75) is 32.7 Å². The van der Waals surface area contributed by atoms with E-state index in [-0.39, 0.29) is 0 Å². The molecule has 144 valence electrons. The van der Waals surface area contributed by atoms with Gasteiger partial charge in [-0.3, -0.25) is 4.90 Å². The van der Waals surface area contributed by atoms with E-state index in [2.05, 4.69) is 38.0 Å². The number of piperidine rings is 1. The maximum Gasteiger partial charge on any atom is 0.222 e. The SMILES string of the molecule is COc1cccc(CN2CCC[C@]3(CCN(c4cc(C)nc(N)n4)C3)C2)c1. The van der Waals surface area contributed by atoms with Crippen LogP contribution >= 0.6 is 0 Å². The van der Waals surface area contributed by atoms with Gasteiger partial charge in [0.15, 0.2) is 0 Å². The third kappa shape index (κ3) is 4.00. The molecule has 4 rings (SSSR count). The largest absolute Gasteiger partial charge is 0.497 e. The number of hydrogen-bond donors (Lipinski definition) is 1. The van der Waals surface area contributed by atoms with Crippen LogP contribution < -0.4 is 15.4 Å². The third-order valence-electron chi connectivity index (χ3n) is 5.90. The summed E-state index contributed by atoms with van der Waals surface area (Å²) in [6.45, 7) is 7.36. The van der Waals surface area contributed by atoms with Crippen LogP contribution in [0.3, 0.4) is 0 Å². The number of methoxy groups -OCH3 is 1. The lowest BCUT2D eigenvalue weighted by atomic mass is 9.79. The molecule has 0 aliphatic carbocycles. The van der Waals surface area contributed by atoms with E-state index >= 15 is 0 Å². The molecule has 0 amide bonds. The minimum Gasteiger partial charge on any atom is -0.497 e. The lowest BCUT2D eigenvalue weighted by Crippen LogP contribution is -2.44. The first-order chi connectivity index (χ1) is 13.0. The second kappa shape index (κ2) is 7.35. The van der Waals surface area contributed by atoms with Crippen LogP contribution in [0.1, 0.15) is 30.5 Å². The number of ether oxygens (including phenoxy) is 1. The Labute approximate surface area is 161 Å². The van der Waals surface area contributed by atoms with Gasteiger partial charge in [-0.05, 0) is 50.4 Å². The van der Waals surface area contributed by atoms with Gasteiger partial charge in [0, 0.05) is 43.4 Å². The first kappa shape index (κ1) is 18.0. The van der Waals surface area contributed by atoms with Crippen molar-refractivity contribution in [3.63, 3.8) is 0 Å². The zero-order chi connectivity index (χ0) is 18.9. The molecule has 1 aromatic heterocycles. The fourth-order valence-electron chi connectivity index (χ4n) is 4.67. The Morgan fingerprint density at radius 1 is 1.15 bits per heavy atom. The standard InChI is InChI=1S/C21H29N5O/c1-16-11-19(24-20(22)23-16)26-10-8-21(15-26)7-4-9-25(14-21)13-17-5-3-6-18(12-17)27-2/h3,5-6,11-12H,4,7-10,13-15H2,1-2H3,(H2,22,23,24)/t21-/m0/s1. The Morgan fingerprint density at radius 3 is 2.85 bits per heavy atom. The van der Waals surface area contributed by atoms with Crippen LogP contribution in [0, 0.1) is 12.3 Å². The van der Waals surface area contributed by atoms with E-state index in [1.54, 1.807) is 7.11 Å². The zero-order valence-corrected chi connectivity index (χ0v) is 16.3. The zero-order valence-electron chi connectivity index (χ0n) is 16.3. The van der Waals surface area contributed by atoms with Crippen LogP contribution in [0.25, 0.3) is 0 Å². The number of nitrogens with two attached hydrogens (primary N) is 1. The predicted molar refractivity (Wildman–Crippen MR) is 108 cm³/mol. The minimum absolute atomic E-state index is 0.352. The molecule has 2 saturated heterocycles. The molecule has 0 saturated carbocycles. The number of benzene rings is 1. The van der Waals surface area contributed by atoms with Crippen LogP contribution in [0.4, 0.5) is 11.8 Å². The molecule has 1 aromatic carbocycles. The lowest BCUT2D eigenvalue weighted by Gasteiger charge is -2.40. The predicted octanol–water partition coefficient (Wildman–Crippen LogP) is 2.87. The van der Waals surface area contributed by atoms with Gasteiger partial charge in [0.1, 0.15) is 11.6 Å². The van der Waals surface area contributed by atoms with Crippen molar-refractivity contribution < 1.29 is 4.74 Å². The fourth-order valence-corrected chi connectivity index (χ4v) is 4.67. The summed E-state index contributed by atoms with van der Waals surface area (Å²) in [4.78, 5) is 13.7. The van der Waals surface area contributed by atoms with Crippen molar-refractivity contribution in [2.75, 3.05) is 43.9 Å². The van der Waals surface area contributed by atoms with Gasteiger partial charge in [-0.25, -0.2) is 4.98 Å². The van der Waals surface area contributed by atoms with E-state index in [1.807, 2.05) is 19.1 Å². The van der Waals surface area contributed by atoms with E-state index in [9.17, 15) is 0 Å². The van der Waals surface area contributed by atoms with E-state index in [0.717, 1.165) is 43.4 Å². The van der Waals surface area contributed by atoms with Crippen LogP contribution in [0.5, 0.6) is 5.75 Å². The average Bonchev–Trinajstić information content (AvgIpc) is 3.04. The van der Waals surface area contributed by atoms with E-state index in [0.29, 0.717) is 11.4 Å². The number of aryl methyl sites for hydroxylation is 1. The molecule has 0 radical (unpaired) electrons. The minimum atomic E-state index is 0.352. The van der Waals surface area contributed by atoms with Gasteiger partial charge in [0.25, 0.3) is 0 Å². The normalized spacial score (nSPS) is 23.1. The molecular weight excluding hydrogens is 338 g/mol. The average molecular weight is 367 g/mol. The highest BCUT2D eigenvalue weighted by Gasteiger charge is 2.41. The third-order valence-corrected chi connectivity index (χ3v) is 5.90. The van der Waals surface area contributed by atoms with Crippen molar-refractivity contribution in [3.8, 4) is 5.75 Å². The number of likely N-dealkylation sites (tertiary alicyclic amines) is 1. The lowest BCUT2D eigenvalue weighted by molar-refractivity contribution is 0.0991. The summed E-state index contributed by atoms with van der Waals surface area (Å²) in [5.41, 5.74) is 8.47. The summed E-state index contributed by atoms with van der Waals surface area (Å²) in [5.74, 6) is 2.28. The van der Waals surface area contributed by atoms with Crippen molar-refractivity contribution in [1.82, 2.24) is 14.9 Å². The number of rotatable bonds is 4. The highest BCUT2D eigenvalue weighted by atomic mass is 16.5. The molecule has 1 atom stereocenters. The molecule has 2 aliphatic rings. The van der Waals surface area contributed by atoms with Crippen molar-refractivity contribution in [2.24, 2.45) is 5.41 Å². The first-order valence-electron chi connectivity index (χ1n) is 9.77. The molecule has 2 aliphatic heterocycles. The van der Waals surface area contributed by atoms with Crippen LogP contribution in [0.15, 0.2) is 30.3 Å². The molecule has 0 bridgehead atoms. The number of nitrogen functional groups attached to an aromatic ring is 1. The van der Waals surface area contributed by atoms with Crippen molar-refractivity contribution in [1.29, 1.82) is 0 Å². The van der Waals surface area contributed by atoms with Crippen LogP contribution in [-0.2, 0) is 6.54 Å². The summed E-state index contributed by atoms with van der Waals surface area (Å²) < 4.78 is 5.37. The van der Waals surface area contributed by atoms with E-state index < -0.39 is 0 Å². The summed E-state index contributed by atoms with van der Waals surface area (Å²) in [7, 11) is 1.73. The number of nitrogens with zero attached hydrogens (tertiary/aromatic N) is 4. The second-order valence-electron chi connectivity index (χ2n) is 8.06. The van der Waals surface area contributed by atoms with Gasteiger partial charge in [-0.2, -0.15) is 4.98 Å². The Kier molecular flexibility index (Phi) is 4.91. The molecule has 27 heavy (non-hydrogen) atoms. The molecule has 6 heteroatoms. The highest BCUT2D eigenvalue weighted by molar-refractivity contribution is 5.45. The number of anilines is 2. The monoisotopic (exact) mass is 367 g/mol. The summed E-state index contributed by atoms with van der Waals surface area (Å²) in [5, 5.41) is 0. The van der Waals surface area contributed by atoms with Crippen LogP contribution in [-0.4, -0.2) is 48.2 Å². The quantitative estimate of drug-likeness (QED) is 0.896. The molecule has 0 unspecified atom stereocenters. The highest BCUT2D eigenvalue weighted by Crippen LogP contribution is 2.40. The fraction of sp³-hybridized carbons (Fsp3) is 0.524. The molecule has 3 heterocycles. The Hall–Kier alpha value is -2.34. The van der Waals surface area contributed by atoms with Gasteiger partial charge in [-0.1, -0.05) is 12.1 Å². The van der Waals surface area contributed by atoms with Gasteiger partial charge in [0.2, 0.25) is 5.95 Å². The van der Waals surface area contributed by atoms with E-state index in [4.69, 9.17) is 10.5 Å². The Bertz CT molecular complexity index is 791. The maximum atomic E-state index is 5.86. The van der Waals surface area contributed by atoms with Gasteiger partial charge < -0.3 is 15.4 Å². The molecule has 2 N–H and O–H groups in total. The number of aromatic nitrogens is 2. The number of hydrogen-bond acceptors (Lipinski definition) is 6. The first-order valence-corrected chi connectivity index (χ1v) is 9.77. The van der Waals surface area contributed by atoms with Crippen LogP contribution in [0.2, 0.25) is 0 Å². The molecular formula is C21H29N5O. The molecule has 6 nitrogen and oxygen atoms in total. The summed E-state index contributed by atoms with van der Waals surface area (Å²) in [6.07, 6.45) is 3.75. The second-order valence-corrected chi connectivity index (χ2v) is 8.06. The Morgan fingerprint density at radius 2 is 2.04 bits per heavy atom. The molecule has 2 fully saturated rings. The van der Waals surface area contributed by atoms with Gasteiger partial charge >= 0.3 is 0 Å². The molecule has 1 spiro atoms. The topological polar surface area (TPSA) is 67.5 Å². The smallest absolute Gasteiger partial charge is 0.222 e. The van der Waals surface area contributed by atoms with Gasteiger partial charge in [-0.15, -0.1) is 0 Å². The van der Waals surface area contributed by atoms with Gasteiger partial charge in [0.05, 0.1) is 7.11 Å². The van der Waals surface area contributed by atoms with Crippen molar-refractivity contribution in [3.05, 3.63) is 41.6 Å². The molecule has 2 aromatic rings. The Balaban J connectivity index is 1.44. The van der Waals surface area contributed by atoms with Crippen molar-refractivity contribution >= 4 is 11.8 Å². The maximum absolute atomic E-state index is 5.86. The van der Waals surface area contributed by atoms with E-state index in [1.165, 1.54) is 31.4 Å².